The van der Waals surface area contributed by atoms with Gasteiger partial charge in [-0.25, -0.2) is 0 Å². The molecular weight excluding hydrogens is 409 g/mol. The van der Waals surface area contributed by atoms with Gasteiger partial charge in [-0.1, -0.05) is 50.4 Å². The Morgan fingerprint density at radius 2 is 1.79 bits per heavy atom. The second-order valence-corrected chi connectivity index (χ2v) is 14.3. The molecule has 0 bridgehead atoms. The Hall–Kier alpha value is -0.133. The summed E-state index contributed by atoms with van der Waals surface area (Å²) >= 11 is 13.0. The number of rotatable bonds is 10. The average molecular weight is 447 g/mol. The average Bonchev–Trinajstić information content (AvgIpc) is 2.67. The highest BCUT2D eigenvalue weighted by molar-refractivity contribution is 6.73. The molecule has 28 heavy (non-hydrogen) atoms. The molecule has 0 saturated carbocycles. The lowest BCUT2D eigenvalue weighted by molar-refractivity contribution is -0.0784. The van der Waals surface area contributed by atoms with Crippen LogP contribution in [0.15, 0.2) is 12.4 Å². The molecule has 2 rings (SSSR count). The van der Waals surface area contributed by atoms with Gasteiger partial charge in [0.25, 0.3) is 0 Å². The van der Waals surface area contributed by atoms with Gasteiger partial charge in [0.05, 0.1) is 28.4 Å². The van der Waals surface area contributed by atoms with Crippen LogP contribution in [0.1, 0.15) is 78.4 Å². The highest BCUT2D eigenvalue weighted by Gasteiger charge is 2.34. The van der Waals surface area contributed by atoms with Crippen LogP contribution in [0, 0.1) is 5.92 Å². The van der Waals surface area contributed by atoms with Crippen molar-refractivity contribution in [3.05, 3.63) is 28.0 Å². The summed E-state index contributed by atoms with van der Waals surface area (Å²) in [7, 11) is -1.78. The molecule has 2 atom stereocenters. The largest absolute Gasteiger partial charge is 0.410 e. The van der Waals surface area contributed by atoms with E-state index in [0.29, 0.717) is 16.0 Å². The van der Waals surface area contributed by atoms with Gasteiger partial charge in [0.15, 0.2) is 8.32 Å². The Kier molecular flexibility index (Phi) is 9.28. The molecule has 0 N–H and O–H groups in total. The van der Waals surface area contributed by atoms with Crippen molar-refractivity contribution in [1.82, 2.24) is 4.98 Å². The van der Waals surface area contributed by atoms with Gasteiger partial charge in [0.2, 0.25) is 0 Å². The van der Waals surface area contributed by atoms with Crippen molar-refractivity contribution < 1.29 is 9.16 Å². The zero-order valence-corrected chi connectivity index (χ0v) is 20.7. The van der Waals surface area contributed by atoms with Gasteiger partial charge in [-0.15, -0.1) is 0 Å². The Morgan fingerprint density at radius 3 is 2.29 bits per heavy atom. The molecular formula is C22H37Cl2NO2Si. The number of hydrogen-bond acceptors (Lipinski definition) is 3. The van der Waals surface area contributed by atoms with E-state index in [2.05, 4.69) is 39.6 Å². The lowest BCUT2D eigenvalue weighted by Gasteiger charge is -2.36. The molecule has 2 heterocycles. The fourth-order valence-electron chi connectivity index (χ4n) is 4.16. The summed E-state index contributed by atoms with van der Waals surface area (Å²) in [4.78, 5) is 4.13. The van der Waals surface area contributed by atoms with Crippen LogP contribution in [-0.4, -0.2) is 25.5 Å². The van der Waals surface area contributed by atoms with Crippen molar-refractivity contribution in [3.63, 3.8) is 0 Å². The Bertz CT molecular complexity index is 584. The second kappa shape index (κ2) is 10.8. The van der Waals surface area contributed by atoms with Crippen molar-refractivity contribution in [3.8, 4) is 0 Å². The molecule has 1 fully saturated rings. The third-order valence-corrected chi connectivity index (χ3v) is 11.7. The van der Waals surface area contributed by atoms with E-state index in [1.165, 1.54) is 6.42 Å². The van der Waals surface area contributed by atoms with Gasteiger partial charge in [0, 0.05) is 18.0 Å². The molecule has 1 aliphatic heterocycles. The first-order valence-electron chi connectivity index (χ1n) is 10.9. The van der Waals surface area contributed by atoms with Crippen molar-refractivity contribution in [1.29, 1.82) is 0 Å². The smallest absolute Gasteiger partial charge is 0.192 e. The molecule has 0 amide bonds. The van der Waals surface area contributed by atoms with Crippen LogP contribution in [-0.2, 0) is 9.16 Å². The van der Waals surface area contributed by atoms with E-state index in [-0.39, 0.29) is 11.7 Å². The molecule has 0 radical (unpaired) electrons. The van der Waals surface area contributed by atoms with Crippen molar-refractivity contribution >= 4 is 31.5 Å². The van der Waals surface area contributed by atoms with E-state index >= 15 is 0 Å². The maximum atomic E-state index is 6.87. The molecule has 1 aromatic rings. The Balaban J connectivity index is 2.08. The molecule has 0 spiro atoms. The summed E-state index contributed by atoms with van der Waals surface area (Å²) in [5, 5.41) is 1.23. The van der Waals surface area contributed by atoms with Gasteiger partial charge in [0.1, 0.15) is 0 Å². The number of nitrogens with zero attached hydrogens (tertiary/aromatic N) is 1. The summed E-state index contributed by atoms with van der Waals surface area (Å²) in [5.74, 6) is 0.641. The van der Waals surface area contributed by atoms with Crippen LogP contribution < -0.4 is 0 Å². The van der Waals surface area contributed by atoms with Crippen LogP contribution in [0.2, 0.25) is 28.2 Å². The van der Waals surface area contributed by atoms with E-state index in [4.69, 9.17) is 32.4 Å². The molecule has 1 aliphatic rings. The molecule has 0 aliphatic carbocycles. The summed E-state index contributed by atoms with van der Waals surface area (Å²) in [5.41, 5.74) is 0.959. The van der Waals surface area contributed by atoms with E-state index < -0.39 is 8.32 Å². The second-order valence-electron chi connectivity index (χ2n) is 8.77. The van der Waals surface area contributed by atoms with E-state index in [9.17, 15) is 0 Å². The summed E-state index contributed by atoms with van der Waals surface area (Å²) in [6.07, 6.45) is 8.90. The van der Waals surface area contributed by atoms with Crippen molar-refractivity contribution in [2.24, 2.45) is 5.92 Å². The highest BCUT2D eigenvalue weighted by atomic mass is 35.5. The van der Waals surface area contributed by atoms with Crippen LogP contribution >= 0.6 is 23.2 Å². The standard InChI is InChI=1S/C22H37Cl2NO2Si/c1-6-28(7-2,8-3)27-20(21-18(23)14-25-15-19(21)24)11-9-10-17-12-13-22(4,5)26-16-17/h14-15,17,20H,6-13,16H2,1-5H3. The van der Waals surface area contributed by atoms with Crippen LogP contribution in [0.3, 0.4) is 0 Å². The molecule has 0 aromatic carbocycles. The Labute approximate surface area is 182 Å². The maximum absolute atomic E-state index is 6.87. The van der Waals surface area contributed by atoms with E-state index in [0.717, 1.165) is 56.0 Å². The van der Waals surface area contributed by atoms with Crippen molar-refractivity contribution in [2.45, 2.75) is 96.6 Å². The number of hydrogen-bond donors (Lipinski definition) is 0. The van der Waals surface area contributed by atoms with Gasteiger partial charge in [-0.3, -0.25) is 4.98 Å². The first-order valence-corrected chi connectivity index (χ1v) is 14.1. The molecule has 1 aromatic heterocycles. The van der Waals surface area contributed by atoms with Gasteiger partial charge in [-0.2, -0.15) is 0 Å². The predicted octanol–water partition coefficient (Wildman–Crippen LogP) is 7.83. The summed E-state index contributed by atoms with van der Waals surface area (Å²) < 4.78 is 12.9. The molecule has 2 unspecified atom stereocenters. The van der Waals surface area contributed by atoms with E-state index in [1.807, 2.05) is 0 Å². The summed E-state index contributed by atoms with van der Waals surface area (Å²) in [6, 6.07) is 3.34. The van der Waals surface area contributed by atoms with Crippen LogP contribution in [0.5, 0.6) is 0 Å². The lowest BCUT2D eigenvalue weighted by atomic mass is 9.88. The lowest BCUT2D eigenvalue weighted by Crippen LogP contribution is -2.37. The third-order valence-electron chi connectivity index (χ3n) is 6.48. The molecule has 6 heteroatoms. The van der Waals surface area contributed by atoms with Gasteiger partial charge in [-0.05, 0) is 63.6 Å². The van der Waals surface area contributed by atoms with Gasteiger partial charge < -0.3 is 9.16 Å². The normalized spacial score (nSPS) is 20.9. The number of aromatic nitrogens is 1. The SMILES string of the molecule is CC[Si](CC)(CC)OC(CCCC1CCC(C)(C)OC1)c1c(Cl)cncc1Cl. The molecule has 160 valence electrons. The zero-order chi connectivity index (χ0) is 20.8. The van der Waals surface area contributed by atoms with Crippen LogP contribution in [0.4, 0.5) is 0 Å². The van der Waals surface area contributed by atoms with Gasteiger partial charge >= 0.3 is 0 Å². The minimum atomic E-state index is -1.78. The maximum Gasteiger partial charge on any atom is 0.192 e. The first kappa shape index (κ1) is 24.1. The number of pyridine rings is 1. The van der Waals surface area contributed by atoms with Crippen molar-refractivity contribution in [2.75, 3.05) is 6.61 Å². The first-order chi connectivity index (χ1) is 13.3. The topological polar surface area (TPSA) is 31.4 Å². The third kappa shape index (κ3) is 6.43. The molecule has 3 nitrogen and oxygen atoms in total. The quantitative estimate of drug-likeness (QED) is 0.343. The predicted molar refractivity (Wildman–Crippen MR) is 122 cm³/mol. The van der Waals surface area contributed by atoms with Crippen LogP contribution in [0.25, 0.3) is 0 Å². The fraction of sp³-hybridized carbons (Fsp3) is 0.773. The minimum absolute atomic E-state index is 0.0365. The zero-order valence-electron chi connectivity index (χ0n) is 18.2. The number of halogens is 2. The summed E-state index contributed by atoms with van der Waals surface area (Å²) in [6.45, 7) is 12.0. The Morgan fingerprint density at radius 1 is 1.18 bits per heavy atom. The van der Waals surface area contributed by atoms with E-state index in [1.54, 1.807) is 12.4 Å². The fourth-order valence-corrected chi connectivity index (χ4v) is 7.61. The highest BCUT2D eigenvalue weighted by Crippen LogP contribution is 2.39. The minimum Gasteiger partial charge on any atom is -0.410 e. The monoisotopic (exact) mass is 445 g/mol. The molecule has 1 saturated heterocycles. The number of ether oxygens (including phenoxy) is 1.